The molecule has 3 fully saturated rings. The third kappa shape index (κ3) is 8.48. The number of rotatable bonds is 9. The Balaban J connectivity index is 1.34. The molecule has 1 N–H and O–H groups in total. The van der Waals surface area contributed by atoms with Crippen LogP contribution >= 0.6 is 0 Å². The third-order valence-electron chi connectivity index (χ3n) is 13.2. The van der Waals surface area contributed by atoms with Crippen LogP contribution in [0.1, 0.15) is 74.7 Å². The Morgan fingerprint density at radius 1 is 1.00 bits per heavy atom. The van der Waals surface area contributed by atoms with Gasteiger partial charge in [-0.3, -0.25) is 14.6 Å². The molecular weight excluding hydrogens is 745 g/mol. The maximum atomic E-state index is 14.3. The van der Waals surface area contributed by atoms with Gasteiger partial charge in [0.15, 0.2) is 17.7 Å². The predicted molar refractivity (Wildman–Crippen MR) is 216 cm³/mol. The molecule has 13 atom stereocenters. The lowest BCUT2D eigenvalue weighted by Crippen LogP contribution is -2.60. The summed E-state index contributed by atoms with van der Waals surface area (Å²) in [6.45, 7) is 16.0. The van der Waals surface area contributed by atoms with Crippen molar-refractivity contribution in [2.45, 2.75) is 135 Å². The van der Waals surface area contributed by atoms with E-state index in [0.29, 0.717) is 32.4 Å². The summed E-state index contributed by atoms with van der Waals surface area (Å²) in [7, 11) is 5.38. The molecule has 15 heteroatoms. The molecule has 1 unspecified atom stereocenters. The van der Waals surface area contributed by atoms with Gasteiger partial charge in [-0.05, 0) is 73.9 Å². The average molecular weight is 809 g/mol. The first-order valence-electron chi connectivity index (χ1n) is 20.7. The number of aliphatic hydroxyl groups excluding tert-OH is 1. The van der Waals surface area contributed by atoms with E-state index in [1.807, 2.05) is 92.2 Å². The molecule has 2 bridgehead atoms. The van der Waals surface area contributed by atoms with Gasteiger partial charge in [-0.25, -0.2) is 14.8 Å². The summed E-state index contributed by atoms with van der Waals surface area (Å²) >= 11 is 0. The first-order chi connectivity index (χ1) is 27.4. The molecule has 3 saturated heterocycles. The van der Waals surface area contributed by atoms with Crippen molar-refractivity contribution in [2.75, 3.05) is 34.4 Å². The van der Waals surface area contributed by atoms with Crippen molar-refractivity contribution in [1.82, 2.24) is 24.5 Å². The van der Waals surface area contributed by atoms with Gasteiger partial charge in [-0.1, -0.05) is 51.1 Å². The fourth-order valence-corrected chi connectivity index (χ4v) is 9.64. The highest BCUT2D eigenvalue weighted by Crippen LogP contribution is 2.44. The molecule has 1 aromatic carbocycles. The number of imidazole rings is 1. The van der Waals surface area contributed by atoms with Crippen LogP contribution < -0.4 is 0 Å². The number of hydrazine groups is 1. The average Bonchev–Trinajstić information content (AvgIpc) is 3.73. The zero-order chi connectivity index (χ0) is 42.3. The first-order valence-corrected chi connectivity index (χ1v) is 20.7. The molecule has 1 aromatic heterocycles. The SMILES string of the molecule is CO[C@@]1(C)C[C@@H](C)C2=NCN(CCCn3cnc(-c4ccccc4)c3)N3C(=O)O[C@](C)([C@H](C)OC(=O)C(C)C(=O)[C@H](C)[C@H]1O[C@@H]1O[C@H](C)C[C@H](N(C)C)[C@H]1O)[C@H]3[C@@H]2C. The fraction of sp³-hybridized carbons (Fsp3) is 0.698. The van der Waals surface area contributed by atoms with Gasteiger partial charge in [0.1, 0.15) is 30.8 Å². The molecular formula is C43H64N6O9. The molecule has 2 aromatic rings. The maximum absolute atomic E-state index is 14.3. The minimum absolute atomic E-state index is 0.195. The summed E-state index contributed by atoms with van der Waals surface area (Å²) in [4.78, 5) is 54.0. The molecule has 15 nitrogen and oxygen atoms in total. The van der Waals surface area contributed by atoms with Crippen molar-refractivity contribution in [3.05, 3.63) is 42.9 Å². The number of benzene rings is 1. The minimum Gasteiger partial charge on any atom is -0.458 e. The number of Topliss-reactive ketones (excluding diaryl/α,β-unsaturated/α-hetero) is 1. The number of ketones is 1. The second kappa shape index (κ2) is 17.5. The summed E-state index contributed by atoms with van der Waals surface area (Å²) in [5.41, 5.74) is 0.343. The Labute approximate surface area is 343 Å². The quantitative estimate of drug-likeness (QED) is 0.273. The molecule has 4 aliphatic heterocycles. The number of likely N-dealkylation sites (N-methyl/N-ethyl adjacent to an activating group) is 1. The van der Waals surface area contributed by atoms with Gasteiger partial charge in [0.05, 0.1) is 29.8 Å². The van der Waals surface area contributed by atoms with Crippen LogP contribution in [0.3, 0.4) is 0 Å². The minimum atomic E-state index is -1.28. The molecule has 0 saturated carbocycles. The summed E-state index contributed by atoms with van der Waals surface area (Å²) in [5.74, 6) is -3.78. The van der Waals surface area contributed by atoms with E-state index in [4.69, 9.17) is 28.7 Å². The molecule has 0 spiro atoms. The number of nitrogens with zero attached hydrogens (tertiary/aromatic N) is 6. The fourth-order valence-electron chi connectivity index (χ4n) is 9.64. The molecule has 4 aliphatic rings. The topological polar surface area (TPSA) is 157 Å². The van der Waals surface area contributed by atoms with Crippen molar-refractivity contribution in [3.63, 3.8) is 0 Å². The van der Waals surface area contributed by atoms with Gasteiger partial charge in [-0.15, -0.1) is 0 Å². The van der Waals surface area contributed by atoms with Crippen LogP contribution in [0, 0.1) is 23.7 Å². The Bertz CT molecular complexity index is 1810. The van der Waals surface area contributed by atoms with Crippen molar-refractivity contribution in [3.8, 4) is 11.3 Å². The molecule has 320 valence electrons. The van der Waals surface area contributed by atoms with Gasteiger partial charge in [0.25, 0.3) is 0 Å². The number of carbonyl (C=O) groups excluding carboxylic acids is 3. The maximum Gasteiger partial charge on any atom is 0.425 e. The smallest absolute Gasteiger partial charge is 0.425 e. The zero-order valence-corrected chi connectivity index (χ0v) is 36.0. The highest BCUT2D eigenvalue weighted by Gasteiger charge is 2.61. The van der Waals surface area contributed by atoms with Crippen molar-refractivity contribution in [2.24, 2.45) is 28.7 Å². The van der Waals surface area contributed by atoms with Crippen LogP contribution in [0.5, 0.6) is 0 Å². The van der Waals surface area contributed by atoms with E-state index in [-0.39, 0.29) is 30.7 Å². The van der Waals surface area contributed by atoms with Crippen molar-refractivity contribution >= 4 is 23.6 Å². The lowest BCUT2D eigenvalue weighted by atomic mass is 9.73. The number of aryl methyl sites for hydroxylation is 1. The molecule has 0 aliphatic carbocycles. The molecule has 1 amide bonds. The van der Waals surface area contributed by atoms with Gasteiger partial charge in [-0.2, -0.15) is 5.01 Å². The summed E-state index contributed by atoms with van der Waals surface area (Å²) < 4.78 is 33.6. The lowest BCUT2D eigenvalue weighted by molar-refractivity contribution is -0.295. The molecule has 5 heterocycles. The number of ether oxygens (including phenoxy) is 5. The van der Waals surface area contributed by atoms with Gasteiger partial charge >= 0.3 is 12.1 Å². The number of aromatic nitrogens is 2. The number of fused-ring (bicyclic) bond motifs is 1. The van der Waals surface area contributed by atoms with E-state index in [2.05, 4.69) is 11.9 Å². The number of aliphatic imine (C=N–C) groups is 1. The van der Waals surface area contributed by atoms with Crippen LogP contribution in [-0.2, 0) is 39.8 Å². The number of hydrogen-bond donors (Lipinski definition) is 1. The summed E-state index contributed by atoms with van der Waals surface area (Å²) in [6.07, 6.45) is 0.768. The predicted octanol–water partition coefficient (Wildman–Crippen LogP) is 4.81. The Kier molecular flexibility index (Phi) is 13.2. The van der Waals surface area contributed by atoms with E-state index < -0.39 is 71.5 Å². The summed E-state index contributed by atoms with van der Waals surface area (Å²) in [5, 5.41) is 15.1. The monoisotopic (exact) mass is 808 g/mol. The second-order valence-electron chi connectivity index (χ2n) is 17.5. The molecule has 0 radical (unpaired) electrons. The zero-order valence-electron chi connectivity index (χ0n) is 36.0. The number of methoxy groups -OCH3 is 1. The Morgan fingerprint density at radius 2 is 1.71 bits per heavy atom. The number of cyclic esters (lactones) is 1. The van der Waals surface area contributed by atoms with E-state index in [1.54, 1.807) is 32.9 Å². The van der Waals surface area contributed by atoms with Crippen LogP contribution in [0.25, 0.3) is 11.3 Å². The van der Waals surface area contributed by atoms with E-state index in [1.165, 1.54) is 6.92 Å². The van der Waals surface area contributed by atoms with Crippen molar-refractivity contribution in [1.29, 1.82) is 0 Å². The molecule has 58 heavy (non-hydrogen) atoms. The number of carbonyl (C=O) groups is 3. The molecule has 6 rings (SSSR count). The van der Waals surface area contributed by atoms with Crippen molar-refractivity contribution < 1.29 is 43.2 Å². The lowest BCUT2D eigenvalue weighted by Gasteiger charge is -2.47. The third-order valence-corrected chi connectivity index (χ3v) is 13.2. The number of hydrogen-bond acceptors (Lipinski definition) is 13. The highest BCUT2D eigenvalue weighted by molar-refractivity contribution is 6.00. The van der Waals surface area contributed by atoms with E-state index in [0.717, 1.165) is 17.0 Å². The second-order valence-corrected chi connectivity index (χ2v) is 17.5. The summed E-state index contributed by atoms with van der Waals surface area (Å²) in [6, 6.07) is 9.15. The van der Waals surface area contributed by atoms with Gasteiger partial charge in [0, 0.05) is 55.5 Å². The first kappa shape index (κ1) is 43.8. The number of amides is 1. The number of esters is 1. The standard InChI is InChI=1S/C43H64N6O9/c1-25-21-42(7,54-11)38(57-40-36(51)33(46(9)10)20-26(2)55-40)28(4)35(50)29(5)39(52)56-30(6)43(8)37-27(3)34(25)45-24-48(49(37)41(53)58-43)19-15-18-47-22-32(44-23-47)31-16-13-12-14-17-31/h12-14,16-17,22-23,25-30,33,36-38,40,51H,15,18-21,24H2,1-11H3/t25-,26-,27-,28+,29?,30+,33+,36-,37-,38-,40+,42+,43-/m1/s1. The van der Waals surface area contributed by atoms with Crippen LogP contribution in [0.4, 0.5) is 4.79 Å². The van der Waals surface area contributed by atoms with Crippen LogP contribution in [0.15, 0.2) is 47.8 Å². The number of aliphatic hydroxyl groups is 1. The highest BCUT2D eigenvalue weighted by atomic mass is 16.7. The Hall–Kier alpha value is -3.73. The van der Waals surface area contributed by atoms with Crippen LogP contribution in [0.2, 0.25) is 0 Å². The van der Waals surface area contributed by atoms with E-state index in [9.17, 15) is 19.5 Å². The van der Waals surface area contributed by atoms with Crippen LogP contribution in [-0.4, -0.2) is 142 Å². The Morgan fingerprint density at radius 3 is 2.38 bits per heavy atom. The van der Waals surface area contributed by atoms with Gasteiger partial charge in [0.2, 0.25) is 0 Å². The normalized spacial score (nSPS) is 37.9. The largest absolute Gasteiger partial charge is 0.458 e. The van der Waals surface area contributed by atoms with Gasteiger partial charge < -0.3 is 38.3 Å². The van der Waals surface area contributed by atoms with E-state index >= 15 is 0 Å².